The maximum absolute atomic E-state index is 13.0. The minimum absolute atomic E-state index is 0.252. The van der Waals surface area contributed by atoms with Gasteiger partial charge in [0.15, 0.2) is 6.23 Å². The first-order chi connectivity index (χ1) is 16.4. The Morgan fingerprint density at radius 3 is 2.62 bits per heavy atom. The highest BCUT2D eigenvalue weighted by Gasteiger charge is 2.19. The first-order valence-electron chi connectivity index (χ1n) is 10.4. The Bertz CT molecular complexity index is 1410. The van der Waals surface area contributed by atoms with Crippen LogP contribution in [0, 0.1) is 0 Å². The third-order valence-electron chi connectivity index (χ3n) is 5.33. The lowest BCUT2D eigenvalue weighted by atomic mass is 10.0. The summed E-state index contributed by atoms with van der Waals surface area (Å²) in [7, 11) is 1.63. The average molecular weight is 481 g/mol. The van der Waals surface area contributed by atoms with E-state index in [4.69, 9.17) is 9.47 Å². The van der Waals surface area contributed by atoms with Crippen LogP contribution in [0.1, 0.15) is 13.2 Å². The van der Waals surface area contributed by atoms with E-state index in [1.54, 1.807) is 55.2 Å². The molecule has 0 aliphatic rings. The number of ether oxygens (including phenoxy) is 2. The molecule has 4 rings (SSSR count). The molecule has 0 saturated heterocycles. The van der Waals surface area contributed by atoms with E-state index in [-0.39, 0.29) is 11.4 Å². The van der Waals surface area contributed by atoms with Crippen molar-refractivity contribution in [2.75, 3.05) is 11.2 Å². The molecule has 34 heavy (non-hydrogen) atoms. The van der Waals surface area contributed by atoms with Crippen LogP contribution < -0.4 is 15.6 Å². The van der Waals surface area contributed by atoms with Crippen molar-refractivity contribution in [2.45, 2.75) is 13.2 Å². The Balaban J connectivity index is 1.92. The van der Waals surface area contributed by atoms with Gasteiger partial charge < -0.3 is 28.5 Å². The van der Waals surface area contributed by atoms with Gasteiger partial charge in [0.1, 0.15) is 17.0 Å². The molecule has 0 spiro atoms. The van der Waals surface area contributed by atoms with Crippen LogP contribution >= 0.6 is 0 Å². The van der Waals surface area contributed by atoms with Crippen LogP contribution in [0.2, 0.25) is 0 Å². The number of hydrogen-bond acceptors (Lipinski definition) is 7. The van der Waals surface area contributed by atoms with Gasteiger partial charge in [0, 0.05) is 41.6 Å². The number of nitrogens with one attached hydrogen (secondary N) is 1. The summed E-state index contributed by atoms with van der Waals surface area (Å²) in [5, 5.41) is 3.49. The van der Waals surface area contributed by atoms with E-state index in [0.717, 1.165) is 0 Å². The summed E-state index contributed by atoms with van der Waals surface area (Å²) in [6.07, 6.45) is 2.70. The van der Waals surface area contributed by atoms with Gasteiger partial charge in [0.2, 0.25) is 0 Å². The largest absolute Gasteiger partial charge is 0.771 e. The number of nitrogens with zero attached hydrogens (tertiary/aromatic N) is 2. The number of benzene rings is 2. The fourth-order valence-electron chi connectivity index (χ4n) is 3.74. The number of aryl methyl sites for hydroxylation is 1. The lowest BCUT2D eigenvalue weighted by Gasteiger charge is -2.17. The van der Waals surface area contributed by atoms with E-state index in [0.29, 0.717) is 45.7 Å². The van der Waals surface area contributed by atoms with Crippen LogP contribution in [-0.2, 0) is 27.7 Å². The third-order valence-corrected chi connectivity index (χ3v) is 5.71. The summed E-state index contributed by atoms with van der Waals surface area (Å²) in [5.41, 5.74) is 2.00. The molecule has 2 unspecified atom stereocenters. The highest BCUT2D eigenvalue weighted by molar-refractivity contribution is 7.79. The number of pyridine rings is 1. The van der Waals surface area contributed by atoms with E-state index >= 15 is 0 Å². The second kappa shape index (κ2) is 9.94. The molecule has 0 amide bonds. The molecule has 2 atom stereocenters. The van der Waals surface area contributed by atoms with Gasteiger partial charge in [-0.15, -0.1) is 0 Å². The molecular formula is C24H22N3O6S-. The maximum Gasteiger partial charge on any atom is 0.295 e. The van der Waals surface area contributed by atoms with Crippen LogP contribution in [0.5, 0.6) is 11.5 Å². The van der Waals surface area contributed by atoms with Gasteiger partial charge in [-0.3, -0.25) is 13.8 Å². The Labute approximate surface area is 197 Å². The van der Waals surface area contributed by atoms with E-state index in [1.807, 2.05) is 30.3 Å². The molecule has 1 N–H and O–H groups in total. The van der Waals surface area contributed by atoms with Gasteiger partial charge in [-0.05, 0) is 54.4 Å². The third kappa shape index (κ3) is 4.73. The summed E-state index contributed by atoms with van der Waals surface area (Å²) >= 11 is -2.27. The van der Waals surface area contributed by atoms with Gasteiger partial charge in [-0.2, -0.15) is 0 Å². The Kier molecular flexibility index (Phi) is 6.80. The van der Waals surface area contributed by atoms with Crippen molar-refractivity contribution < 1.29 is 23.0 Å². The summed E-state index contributed by atoms with van der Waals surface area (Å²) in [4.78, 5) is 23.9. The molecular weight excluding hydrogens is 458 g/mol. The Hall–Kier alpha value is -3.89. The van der Waals surface area contributed by atoms with Crippen molar-refractivity contribution in [1.82, 2.24) is 9.13 Å². The average Bonchev–Trinajstić information content (AvgIpc) is 3.27. The second-order valence-electron chi connectivity index (χ2n) is 7.53. The molecule has 0 saturated carbocycles. The van der Waals surface area contributed by atoms with Gasteiger partial charge >= 0.3 is 0 Å². The van der Waals surface area contributed by atoms with E-state index in [2.05, 4.69) is 5.32 Å². The number of fused-ring (bicyclic) bond motifs is 1. The lowest BCUT2D eigenvalue weighted by Crippen LogP contribution is -2.21. The molecule has 0 radical (unpaired) electrons. The molecule has 0 aliphatic carbocycles. The normalized spacial score (nSPS) is 12.8. The van der Waals surface area contributed by atoms with E-state index < -0.39 is 17.3 Å². The fourth-order valence-corrected chi connectivity index (χ4v) is 4.02. The molecule has 9 nitrogen and oxygen atoms in total. The molecule has 0 aliphatic heterocycles. The molecule has 2 heterocycles. The summed E-state index contributed by atoms with van der Waals surface area (Å²) < 4.78 is 36.3. The number of anilines is 1. The fraction of sp³-hybridized carbons (Fsp3) is 0.167. The van der Waals surface area contributed by atoms with Crippen molar-refractivity contribution in [1.29, 1.82) is 0 Å². The van der Waals surface area contributed by atoms with Crippen LogP contribution in [0.25, 0.3) is 22.0 Å². The lowest BCUT2D eigenvalue weighted by molar-refractivity contribution is -0.136. The molecule has 4 aromatic rings. The summed E-state index contributed by atoms with van der Waals surface area (Å²) in [5.74, 6) is 0.888. The van der Waals surface area contributed by atoms with Gasteiger partial charge in [-0.1, -0.05) is 18.2 Å². The predicted molar refractivity (Wildman–Crippen MR) is 128 cm³/mol. The predicted octanol–water partition coefficient (Wildman–Crippen LogP) is 3.74. The zero-order chi connectivity index (χ0) is 24.2. The molecule has 10 heteroatoms. The molecule has 2 aromatic heterocycles. The zero-order valence-corrected chi connectivity index (χ0v) is 19.3. The maximum atomic E-state index is 13.0. The van der Waals surface area contributed by atoms with Crippen LogP contribution in [0.15, 0.2) is 71.8 Å². The number of para-hydroxylation sites is 1. The Morgan fingerprint density at radius 2 is 1.91 bits per heavy atom. The zero-order valence-electron chi connectivity index (χ0n) is 18.5. The number of aromatic nitrogens is 2. The Morgan fingerprint density at radius 1 is 1.15 bits per heavy atom. The van der Waals surface area contributed by atoms with Crippen LogP contribution in [-0.4, -0.2) is 30.2 Å². The number of rotatable bonds is 9. The number of hydrogen-bond donors (Lipinski definition) is 1. The van der Waals surface area contributed by atoms with E-state index in [9.17, 15) is 18.4 Å². The standard InChI is InChI=1S/C24H23N3O6S/c1-16(32-15-28)27-11-10-19-21(13-26(2)24(29)23(19)27)20-12-17(25-14-34(30)31)8-9-22(20)33-18-6-4-3-5-7-18/h3-13,15-16,25H,14H2,1-2H3,(H,30,31)/p-1. The molecule has 2 aromatic carbocycles. The van der Waals surface area contributed by atoms with Crippen LogP contribution in [0.3, 0.4) is 0 Å². The minimum Gasteiger partial charge on any atom is -0.771 e. The molecule has 0 fully saturated rings. The summed E-state index contributed by atoms with van der Waals surface area (Å²) in [6, 6.07) is 16.2. The minimum atomic E-state index is -2.27. The van der Waals surface area contributed by atoms with Crippen molar-refractivity contribution >= 4 is 34.1 Å². The molecule has 0 bridgehead atoms. The topological polar surface area (TPSA) is 115 Å². The van der Waals surface area contributed by atoms with Crippen molar-refractivity contribution in [2.24, 2.45) is 7.05 Å². The van der Waals surface area contributed by atoms with Crippen molar-refractivity contribution in [3.63, 3.8) is 0 Å². The number of carbonyl (C=O) groups excluding carboxylic acids is 1. The van der Waals surface area contributed by atoms with Crippen molar-refractivity contribution in [3.05, 3.63) is 77.3 Å². The SMILES string of the molecule is CC(OC=O)n1ccc2c(-c3cc(NCS(=O)[O-])ccc3Oc3ccccc3)cn(C)c(=O)c21. The molecule has 176 valence electrons. The van der Waals surface area contributed by atoms with E-state index in [1.165, 1.54) is 4.57 Å². The first kappa shape index (κ1) is 23.3. The van der Waals surface area contributed by atoms with Gasteiger partial charge in [0.25, 0.3) is 12.0 Å². The second-order valence-corrected chi connectivity index (χ2v) is 8.42. The van der Waals surface area contributed by atoms with Gasteiger partial charge in [0.05, 0.1) is 5.88 Å². The smallest absolute Gasteiger partial charge is 0.295 e. The van der Waals surface area contributed by atoms with Crippen molar-refractivity contribution in [3.8, 4) is 22.6 Å². The van der Waals surface area contributed by atoms with Crippen LogP contribution in [0.4, 0.5) is 5.69 Å². The number of carbonyl (C=O) groups is 1. The highest BCUT2D eigenvalue weighted by atomic mass is 32.2. The highest BCUT2D eigenvalue weighted by Crippen LogP contribution is 2.39. The van der Waals surface area contributed by atoms with Gasteiger partial charge in [-0.25, -0.2) is 0 Å². The first-order valence-corrected chi connectivity index (χ1v) is 11.6. The monoisotopic (exact) mass is 480 g/mol. The quantitative estimate of drug-likeness (QED) is 0.287. The summed E-state index contributed by atoms with van der Waals surface area (Å²) in [6.45, 7) is 2.00.